The number of hydrogen-bond donors (Lipinski definition) is 2. The highest BCUT2D eigenvalue weighted by Gasteiger charge is 2.17. The maximum atomic E-state index is 12.4. The van der Waals surface area contributed by atoms with Gasteiger partial charge in [0.2, 0.25) is 5.82 Å². The maximum absolute atomic E-state index is 12.4. The Balaban J connectivity index is 1.94. The second-order valence-corrected chi connectivity index (χ2v) is 5.40. The molecule has 0 saturated carbocycles. The molecular formula is C16H17N5O2. The van der Waals surface area contributed by atoms with Crippen molar-refractivity contribution < 1.29 is 9.90 Å². The van der Waals surface area contributed by atoms with E-state index in [0.29, 0.717) is 17.0 Å². The Morgan fingerprint density at radius 1 is 1.26 bits per heavy atom. The van der Waals surface area contributed by atoms with Gasteiger partial charge in [-0.05, 0) is 32.9 Å². The van der Waals surface area contributed by atoms with E-state index >= 15 is 0 Å². The fraction of sp³-hybridized carbons (Fsp3) is 0.250. The first-order valence-electron chi connectivity index (χ1n) is 7.25. The Labute approximate surface area is 133 Å². The van der Waals surface area contributed by atoms with Gasteiger partial charge in [0.05, 0.1) is 6.10 Å². The van der Waals surface area contributed by atoms with Gasteiger partial charge in [-0.3, -0.25) is 4.79 Å². The minimum absolute atomic E-state index is 0.0339. The van der Waals surface area contributed by atoms with E-state index in [4.69, 9.17) is 0 Å². The summed E-state index contributed by atoms with van der Waals surface area (Å²) in [5.74, 6) is -0.0243. The maximum Gasteiger partial charge on any atom is 0.295 e. The molecule has 1 aromatic carbocycles. The van der Waals surface area contributed by atoms with Gasteiger partial charge in [-0.15, -0.1) is 5.10 Å². The lowest BCUT2D eigenvalue weighted by atomic mass is 10.1. The van der Waals surface area contributed by atoms with Crippen molar-refractivity contribution in [2.24, 2.45) is 0 Å². The van der Waals surface area contributed by atoms with Gasteiger partial charge in [-0.2, -0.15) is 4.98 Å². The van der Waals surface area contributed by atoms with Crippen LogP contribution in [-0.4, -0.2) is 30.6 Å². The number of benzene rings is 1. The highest BCUT2D eigenvalue weighted by Crippen LogP contribution is 2.22. The second-order valence-electron chi connectivity index (χ2n) is 5.40. The van der Waals surface area contributed by atoms with Crippen LogP contribution in [-0.2, 0) is 0 Å². The zero-order valence-corrected chi connectivity index (χ0v) is 13.1. The standard InChI is InChI=1S/C16H17N5O2/c1-9-8-10(2)21-16(17-9)19-14(20-21)15(23)18-13-7-5-4-6-12(13)11(3)22/h4-8,11,22H,1-3H3,(H,18,23). The molecule has 0 fully saturated rings. The highest BCUT2D eigenvalue weighted by atomic mass is 16.3. The number of carbonyl (C=O) groups excluding carboxylic acids is 1. The molecule has 7 heteroatoms. The van der Waals surface area contributed by atoms with Crippen LogP contribution in [0.2, 0.25) is 0 Å². The van der Waals surface area contributed by atoms with Gasteiger partial charge in [0.1, 0.15) is 0 Å². The van der Waals surface area contributed by atoms with Crippen molar-refractivity contribution in [3.05, 3.63) is 53.1 Å². The van der Waals surface area contributed by atoms with Crippen molar-refractivity contribution in [2.45, 2.75) is 26.9 Å². The Hall–Kier alpha value is -2.80. The van der Waals surface area contributed by atoms with E-state index in [1.165, 1.54) is 4.52 Å². The largest absolute Gasteiger partial charge is 0.389 e. The SMILES string of the molecule is Cc1cc(C)n2nc(C(=O)Nc3ccccc3C(C)O)nc2n1. The number of nitrogens with zero attached hydrogens (tertiary/aromatic N) is 4. The van der Waals surface area contributed by atoms with Gasteiger partial charge < -0.3 is 10.4 Å². The molecule has 7 nitrogen and oxygen atoms in total. The number of aliphatic hydroxyl groups excluding tert-OH is 1. The lowest BCUT2D eigenvalue weighted by molar-refractivity contribution is 0.101. The van der Waals surface area contributed by atoms with Crippen LogP contribution >= 0.6 is 0 Å². The molecule has 2 N–H and O–H groups in total. The molecule has 23 heavy (non-hydrogen) atoms. The van der Waals surface area contributed by atoms with Crippen LogP contribution in [0.25, 0.3) is 5.78 Å². The summed E-state index contributed by atoms with van der Waals surface area (Å²) in [4.78, 5) is 20.8. The van der Waals surface area contributed by atoms with Crippen LogP contribution in [0.1, 0.15) is 40.6 Å². The average molecular weight is 311 g/mol. The lowest BCUT2D eigenvalue weighted by Gasteiger charge is -2.11. The fourth-order valence-electron chi connectivity index (χ4n) is 2.42. The average Bonchev–Trinajstić information content (AvgIpc) is 2.92. The molecule has 0 radical (unpaired) electrons. The van der Waals surface area contributed by atoms with E-state index in [1.807, 2.05) is 19.9 Å². The van der Waals surface area contributed by atoms with Gasteiger partial charge in [-0.25, -0.2) is 9.50 Å². The summed E-state index contributed by atoms with van der Waals surface area (Å²) in [6.45, 7) is 5.38. The van der Waals surface area contributed by atoms with Crippen molar-refractivity contribution in [1.82, 2.24) is 19.6 Å². The summed E-state index contributed by atoms with van der Waals surface area (Å²) >= 11 is 0. The van der Waals surface area contributed by atoms with Crippen LogP contribution in [0.3, 0.4) is 0 Å². The normalized spacial score (nSPS) is 12.3. The molecule has 1 atom stereocenters. The zero-order chi connectivity index (χ0) is 16.6. The van der Waals surface area contributed by atoms with E-state index in [9.17, 15) is 9.90 Å². The molecule has 2 aromatic heterocycles. The van der Waals surface area contributed by atoms with Crippen LogP contribution in [0.5, 0.6) is 0 Å². The minimum atomic E-state index is -0.688. The Morgan fingerprint density at radius 3 is 2.74 bits per heavy atom. The van der Waals surface area contributed by atoms with Crippen LogP contribution in [0.15, 0.2) is 30.3 Å². The number of nitrogens with one attached hydrogen (secondary N) is 1. The molecule has 2 heterocycles. The van der Waals surface area contributed by atoms with Gasteiger partial charge >= 0.3 is 0 Å². The first kappa shape index (κ1) is 15.1. The number of aliphatic hydroxyl groups is 1. The molecule has 1 amide bonds. The molecule has 0 aliphatic heterocycles. The van der Waals surface area contributed by atoms with Gasteiger partial charge in [0.15, 0.2) is 0 Å². The summed E-state index contributed by atoms with van der Waals surface area (Å²) in [5.41, 5.74) is 2.83. The van der Waals surface area contributed by atoms with E-state index in [2.05, 4.69) is 20.4 Å². The van der Waals surface area contributed by atoms with E-state index in [0.717, 1.165) is 11.4 Å². The van der Waals surface area contributed by atoms with Gasteiger partial charge in [0.25, 0.3) is 11.7 Å². The monoisotopic (exact) mass is 311 g/mol. The van der Waals surface area contributed by atoms with E-state index in [-0.39, 0.29) is 5.82 Å². The quantitative estimate of drug-likeness (QED) is 0.772. The Kier molecular flexibility index (Phi) is 3.79. The molecule has 0 saturated heterocycles. The first-order chi connectivity index (χ1) is 11.0. The number of amides is 1. The lowest BCUT2D eigenvalue weighted by Crippen LogP contribution is -2.15. The van der Waals surface area contributed by atoms with Gasteiger partial charge in [-0.1, -0.05) is 18.2 Å². The van der Waals surface area contributed by atoms with Crippen LogP contribution in [0, 0.1) is 13.8 Å². The molecular weight excluding hydrogens is 294 g/mol. The Bertz CT molecular complexity index is 885. The van der Waals surface area contributed by atoms with Crippen molar-refractivity contribution in [3.63, 3.8) is 0 Å². The van der Waals surface area contributed by atoms with Gasteiger partial charge in [0, 0.05) is 22.6 Å². The number of anilines is 1. The first-order valence-corrected chi connectivity index (χ1v) is 7.25. The number of fused-ring (bicyclic) bond motifs is 1. The summed E-state index contributed by atoms with van der Waals surface area (Å²) in [6, 6.07) is 8.94. The smallest absolute Gasteiger partial charge is 0.295 e. The number of para-hydroxylation sites is 1. The number of aromatic nitrogens is 4. The topological polar surface area (TPSA) is 92.4 Å². The molecule has 1 unspecified atom stereocenters. The summed E-state index contributed by atoms with van der Waals surface area (Å²) in [5, 5.41) is 16.7. The Morgan fingerprint density at radius 2 is 2.00 bits per heavy atom. The van der Waals surface area contributed by atoms with Crippen molar-refractivity contribution >= 4 is 17.4 Å². The minimum Gasteiger partial charge on any atom is -0.389 e. The summed E-state index contributed by atoms with van der Waals surface area (Å²) in [6.07, 6.45) is -0.688. The molecule has 118 valence electrons. The van der Waals surface area contributed by atoms with Crippen molar-refractivity contribution in [2.75, 3.05) is 5.32 Å². The molecule has 0 aliphatic carbocycles. The molecule has 0 aliphatic rings. The fourth-order valence-corrected chi connectivity index (χ4v) is 2.42. The van der Waals surface area contributed by atoms with Crippen LogP contribution in [0.4, 0.5) is 5.69 Å². The third-order valence-corrected chi connectivity index (χ3v) is 3.48. The van der Waals surface area contributed by atoms with Crippen molar-refractivity contribution in [3.8, 4) is 0 Å². The number of rotatable bonds is 3. The molecule has 0 bridgehead atoms. The zero-order valence-electron chi connectivity index (χ0n) is 13.1. The number of hydrogen-bond acceptors (Lipinski definition) is 5. The molecule has 3 aromatic rings. The van der Waals surface area contributed by atoms with E-state index in [1.54, 1.807) is 31.2 Å². The molecule has 3 rings (SSSR count). The number of carbonyl (C=O) groups is 1. The summed E-state index contributed by atoms with van der Waals surface area (Å²) in [7, 11) is 0. The third-order valence-electron chi connectivity index (χ3n) is 3.48. The molecule has 0 spiro atoms. The third kappa shape index (κ3) is 2.91. The van der Waals surface area contributed by atoms with E-state index < -0.39 is 12.0 Å². The predicted octanol–water partition coefficient (Wildman–Crippen LogP) is 2.05. The van der Waals surface area contributed by atoms with Crippen LogP contribution < -0.4 is 5.32 Å². The second kappa shape index (κ2) is 5.77. The van der Waals surface area contributed by atoms with Crippen molar-refractivity contribution in [1.29, 1.82) is 0 Å². The summed E-state index contributed by atoms with van der Waals surface area (Å²) < 4.78 is 1.53. The highest BCUT2D eigenvalue weighted by molar-refractivity contribution is 6.02. The number of aryl methyl sites for hydroxylation is 2. The predicted molar refractivity (Wildman–Crippen MR) is 85.3 cm³/mol.